The smallest absolute Gasteiger partial charge is 0.226 e. The van der Waals surface area contributed by atoms with E-state index in [9.17, 15) is 5.11 Å². The molecule has 0 saturated carbocycles. The highest BCUT2D eigenvalue weighted by Gasteiger charge is 2.22. The zero-order valence-electron chi connectivity index (χ0n) is 17.5. The fourth-order valence-corrected chi connectivity index (χ4v) is 2.74. The molecule has 0 bridgehead atoms. The molecule has 0 saturated heterocycles. The Morgan fingerprint density at radius 1 is 1.28 bits per heavy atom. The lowest BCUT2D eigenvalue weighted by Crippen LogP contribution is -2.33. The Hall–Kier alpha value is -3.07. The van der Waals surface area contributed by atoms with E-state index in [4.69, 9.17) is 10.5 Å². The highest BCUT2D eigenvalue weighted by Crippen LogP contribution is 2.24. The van der Waals surface area contributed by atoms with Gasteiger partial charge in [-0.2, -0.15) is 9.97 Å². The summed E-state index contributed by atoms with van der Waals surface area (Å²) in [5, 5.41) is 16.7. The topological polar surface area (TPSA) is 123 Å². The molecule has 0 aliphatic rings. The van der Waals surface area contributed by atoms with Gasteiger partial charge < -0.3 is 30.8 Å². The Morgan fingerprint density at radius 2 is 2.03 bits per heavy atom. The third-order valence-electron chi connectivity index (χ3n) is 5.13. The second-order valence-corrected chi connectivity index (χ2v) is 7.78. The maximum absolute atomic E-state index is 10.2. The number of nitrogens with two attached hydrogens (primary N) is 1. The molecule has 1 atom stereocenters. The molecule has 9 nitrogen and oxygen atoms in total. The van der Waals surface area contributed by atoms with Crippen molar-refractivity contribution in [1.29, 1.82) is 0 Å². The largest absolute Gasteiger partial charge is 0.497 e. The van der Waals surface area contributed by atoms with Crippen molar-refractivity contribution in [3.63, 3.8) is 0 Å². The van der Waals surface area contributed by atoms with Crippen molar-refractivity contribution in [2.24, 2.45) is 13.0 Å². The highest BCUT2D eigenvalue weighted by atomic mass is 16.5. The Kier molecular flexibility index (Phi) is 5.78. The van der Waals surface area contributed by atoms with Gasteiger partial charge in [0.05, 0.1) is 19.0 Å². The van der Waals surface area contributed by atoms with Crippen LogP contribution in [0.5, 0.6) is 5.75 Å². The zero-order valence-corrected chi connectivity index (χ0v) is 17.5. The molecule has 2 heterocycles. The molecule has 3 rings (SSSR count). The molecular weight excluding hydrogens is 370 g/mol. The van der Waals surface area contributed by atoms with Crippen molar-refractivity contribution in [2.45, 2.75) is 32.9 Å². The first kappa shape index (κ1) is 20.7. The number of nitrogens with one attached hydrogen (secondary N) is 2. The summed E-state index contributed by atoms with van der Waals surface area (Å²) in [7, 11) is 3.51. The molecule has 2 aromatic heterocycles. The first-order valence-corrected chi connectivity index (χ1v) is 9.50. The van der Waals surface area contributed by atoms with E-state index in [1.54, 1.807) is 27.3 Å². The molecule has 1 unspecified atom stereocenters. The molecule has 1 aromatic carbocycles. The second kappa shape index (κ2) is 8.12. The van der Waals surface area contributed by atoms with Crippen molar-refractivity contribution in [3.8, 4) is 5.75 Å². The van der Waals surface area contributed by atoms with Gasteiger partial charge in [-0.1, -0.05) is 6.92 Å². The van der Waals surface area contributed by atoms with E-state index in [1.807, 2.05) is 36.7 Å². The number of nitrogen functional groups attached to an aromatic ring is 1. The van der Waals surface area contributed by atoms with Gasteiger partial charge in [-0.25, -0.2) is 4.98 Å². The molecular formula is C20H29N7O2. The van der Waals surface area contributed by atoms with Crippen molar-refractivity contribution in [2.75, 3.05) is 30.0 Å². The minimum Gasteiger partial charge on any atom is -0.497 e. The average Bonchev–Trinajstić information content (AvgIpc) is 3.05. The summed E-state index contributed by atoms with van der Waals surface area (Å²) in [5.41, 5.74) is 8.25. The standard InChI is InChI=1S/C20H29N7O2/c1-12(20(2,3)28)9-23-19-25-17(16-18(26-19)27(4)11-24-16)22-10-13-8-14(29-5)6-7-15(13)21/h6-8,11-12,28H,9-10,21H2,1-5H3,(H2,22,23,25,26). The van der Waals surface area contributed by atoms with Crippen molar-refractivity contribution >= 4 is 28.6 Å². The number of anilines is 3. The molecule has 0 spiro atoms. The lowest BCUT2D eigenvalue weighted by Gasteiger charge is -2.25. The van der Waals surface area contributed by atoms with Crippen LogP contribution in [0.15, 0.2) is 24.5 Å². The van der Waals surface area contributed by atoms with Crippen LogP contribution in [0.3, 0.4) is 0 Å². The predicted molar refractivity (Wildman–Crippen MR) is 115 cm³/mol. The van der Waals surface area contributed by atoms with Crippen LogP contribution in [-0.2, 0) is 13.6 Å². The zero-order chi connectivity index (χ0) is 21.2. The number of aromatic nitrogens is 4. The highest BCUT2D eigenvalue weighted by molar-refractivity contribution is 5.84. The van der Waals surface area contributed by atoms with E-state index < -0.39 is 5.60 Å². The average molecular weight is 399 g/mol. The summed E-state index contributed by atoms with van der Waals surface area (Å²) < 4.78 is 7.12. The lowest BCUT2D eigenvalue weighted by atomic mass is 9.93. The van der Waals surface area contributed by atoms with E-state index in [0.717, 1.165) is 11.3 Å². The maximum atomic E-state index is 10.2. The number of benzene rings is 1. The van der Waals surface area contributed by atoms with Crippen LogP contribution in [0, 0.1) is 5.92 Å². The molecule has 29 heavy (non-hydrogen) atoms. The molecule has 0 radical (unpaired) electrons. The van der Waals surface area contributed by atoms with E-state index in [2.05, 4.69) is 25.6 Å². The number of imidazole rings is 1. The van der Waals surface area contributed by atoms with E-state index in [-0.39, 0.29) is 5.92 Å². The number of aliphatic hydroxyl groups is 1. The summed E-state index contributed by atoms with van der Waals surface area (Å²) in [6.07, 6.45) is 1.70. The Balaban J connectivity index is 1.85. The second-order valence-electron chi connectivity index (χ2n) is 7.78. The molecule has 0 amide bonds. The SMILES string of the molecule is COc1ccc(N)c(CNc2nc(NCC(C)C(C)(C)O)nc3c2ncn3C)c1. The van der Waals surface area contributed by atoms with Gasteiger partial charge in [-0.15, -0.1) is 0 Å². The van der Waals surface area contributed by atoms with Crippen LogP contribution in [0.2, 0.25) is 0 Å². The van der Waals surface area contributed by atoms with Gasteiger partial charge in [-0.3, -0.25) is 0 Å². The Morgan fingerprint density at radius 3 is 2.72 bits per heavy atom. The number of nitrogens with zero attached hydrogens (tertiary/aromatic N) is 4. The first-order chi connectivity index (χ1) is 13.7. The van der Waals surface area contributed by atoms with E-state index in [1.165, 1.54) is 0 Å². The molecule has 5 N–H and O–H groups in total. The monoisotopic (exact) mass is 399 g/mol. The molecule has 3 aromatic rings. The van der Waals surface area contributed by atoms with Crippen LogP contribution < -0.4 is 21.1 Å². The number of fused-ring (bicyclic) bond motifs is 1. The van der Waals surface area contributed by atoms with Gasteiger partial charge in [0.15, 0.2) is 17.0 Å². The number of rotatable bonds is 8. The third kappa shape index (κ3) is 4.68. The van der Waals surface area contributed by atoms with Gasteiger partial charge in [0.1, 0.15) is 5.75 Å². The summed E-state index contributed by atoms with van der Waals surface area (Å²) in [5.74, 6) is 1.83. The normalized spacial score (nSPS) is 12.8. The summed E-state index contributed by atoms with van der Waals surface area (Å²) >= 11 is 0. The van der Waals surface area contributed by atoms with E-state index in [0.29, 0.717) is 41.7 Å². The third-order valence-corrected chi connectivity index (χ3v) is 5.13. The first-order valence-electron chi connectivity index (χ1n) is 9.50. The van der Waals surface area contributed by atoms with Gasteiger partial charge in [0.25, 0.3) is 0 Å². The maximum Gasteiger partial charge on any atom is 0.226 e. The number of hydrogen-bond donors (Lipinski definition) is 4. The molecule has 0 aliphatic heterocycles. The van der Waals surface area contributed by atoms with Gasteiger partial charge in [0.2, 0.25) is 5.95 Å². The lowest BCUT2D eigenvalue weighted by molar-refractivity contribution is 0.0303. The van der Waals surface area contributed by atoms with Crippen LogP contribution in [0.25, 0.3) is 11.2 Å². The number of hydrogen-bond acceptors (Lipinski definition) is 8. The van der Waals surface area contributed by atoms with E-state index >= 15 is 0 Å². The van der Waals surface area contributed by atoms with Crippen LogP contribution in [0.1, 0.15) is 26.3 Å². The fourth-order valence-electron chi connectivity index (χ4n) is 2.74. The number of methoxy groups -OCH3 is 1. The summed E-state index contributed by atoms with van der Waals surface area (Å²) in [6.45, 7) is 6.55. The quantitative estimate of drug-likeness (QED) is 0.426. The molecule has 156 valence electrons. The van der Waals surface area contributed by atoms with Crippen LogP contribution in [0.4, 0.5) is 17.5 Å². The van der Waals surface area contributed by atoms with Crippen LogP contribution >= 0.6 is 0 Å². The molecule has 0 aliphatic carbocycles. The van der Waals surface area contributed by atoms with Crippen molar-refractivity contribution in [1.82, 2.24) is 19.5 Å². The Bertz CT molecular complexity index is 994. The number of aryl methyl sites for hydroxylation is 1. The van der Waals surface area contributed by atoms with Gasteiger partial charge in [0, 0.05) is 31.7 Å². The fraction of sp³-hybridized carbons (Fsp3) is 0.450. The molecule has 0 fully saturated rings. The summed E-state index contributed by atoms with van der Waals surface area (Å²) in [6, 6.07) is 5.53. The van der Waals surface area contributed by atoms with Crippen molar-refractivity contribution in [3.05, 3.63) is 30.1 Å². The Labute approximate surface area is 170 Å². The number of ether oxygens (including phenoxy) is 1. The molecule has 9 heteroatoms. The minimum absolute atomic E-state index is 0.0151. The summed E-state index contributed by atoms with van der Waals surface area (Å²) in [4.78, 5) is 13.6. The van der Waals surface area contributed by atoms with Gasteiger partial charge >= 0.3 is 0 Å². The minimum atomic E-state index is -0.797. The predicted octanol–water partition coefficient (Wildman–Crippen LogP) is 2.39. The van der Waals surface area contributed by atoms with Crippen molar-refractivity contribution < 1.29 is 9.84 Å². The van der Waals surface area contributed by atoms with Gasteiger partial charge in [-0.05, 0) is 37.6 Å². The van der Waals surface area contributed by atoms with Crippen LogP contribution in [-0.4, -0.2) is 43.9 Å².